The Morgan fingerprint density at radius 1 is 1.59 bits per heavy atom. The van der Waals surface area contributed by atoms with Gasteiger partial charge in [-0.1, -0.05) is 28.9 Å². The van der Waals surface area contributed by atoms with Crippen LogP contribution in [-0.4, -0.2) is 23.9 Å². The van der Waals surface area contributed by atoms with E-state index in [0.717, 1.165) is 10.9 Å². The fraction of sp³-hybridized carbons (Fsp3) is 0.308. The van der Waals surface area contributed by atoms with Gasteiger partial charge in [0, 0.05) is 23.2 Å². The summed E-state index contributed by atoms with van der Waals surface area (Å²) < 4.78 is 0.873. The minimum absolute atomic E-state index is 0.0447. The van der Waals surface area contributed by atoms with Crippen molar-refractivity contribution in [2.75, 3.05) is 18.8 Å². The maximum atomic E-state index is 12.2. The van der Waals surface area contributed by atoms with Gasteiger partial charge in [0.15, 0.2) is 0 Å². The van der Waals surface area contributed by atoms with E-state index in [1.165, 1.54) is 0 Å². The van der Waals surface area contributed by atoms with Crippen LogP contribution in [0.3, 0.4) is 0 Å². The minimum atomic E-state index is -0.0447. The Morgan fingerprint density at radius 2 is 2.29 bits per heavy atom. The van der Waals surface area contributed by atoms with Crippen LogP contribution in [0.2, 0.25) is 0 Å². The Bertz CT molecular complexity index is 418. The van der Waals surface area contributed by atoms with Gasteiger partial charge in [0.05, 0.1) is 5.56 Å². The molecule has 0 aliphatic carbocycles. The zero-order valence-corrected chi connectivity index (χ0v) is 11.5. The predicted molar refractivity (Wildman–Crippen MR) is 74.9 cm³/mol. The topological polar surface area (TPSA) is 46.3 Å². The zero-order chi connectivity index (χ0) is 12.8. The molecule has 1 aromatic carbocycles. The molecule has 0 spiro atoms. The average Bonchev–Trinajstić information content (AvgIpc) is 2.28. The molecule has 0 aliphatic rings. The van der Waals surface area contributed by atoms with Crippen LogP contribution in [0.4, 0.5) is 5.69 Å². The minimum Gasteiger partial charge on any atom is -0.398 e. The number of benzene rings is 1. The first kappa shape index (κ1) is 13.8. The van der Waals surface area contributed by atoms with E-state index in [-0.39, 0.29) is 5.91 Å². The molecule has 1 amide bonds. The summed E-state index contributed by atoms with van der Waals surface area (Å²) >= 11 is 3.32. The Labute approximate surface area is 110 Å². The van der Waals surface area contributed by atoms with E-state index in [0.29, 0.717) is 24.3 Å². The van der Waals surface area contributed by atoms with E-state index in [9.17, 15) is 4.79 Å². The van der Waals surface area contributed by atoms with Gasteiger partial charge in [0.25, 0.3) is 5.91 Å². The summed E-state index contributed by atoms with van der Waals surface area (Å²) in [6.45, 7) is 6.95. The number of hydrogen-bond donors (Lipinski definition) is 1. The number of nitrogens with two attached hydrogens (primary N) is 1. The number of nitrogens with zero attached hydrogens (tertiary/aromatic N) is 1. The van der Waals surface area contributed by atoms with Gasteiger partial charge in [-0.2, -0.15) is 0 Å². The highest BCUT2D eigenvalue weighted by Crippen LogP contribution is 2.20. The molecule has 0 radical (unpaired) electrons. The zero-order valence-electron chi connectivity index (χ0n) is 9.95. The summed E-state index contributed by atoms with van der Waals surface area (Å²) in [6, 6.07) is 5.31. The van der Waals surface area contributed by atoms with Crippen LogP contribution in [0.15, 0.2) is 35.3 Å². The molecular formula is C13H17BrN2O. The molecule has 0 heterocycles. The van der Waals surface area contributed by atoms with Crippen molar-refractivity contribution >= 4 is 27.5 Å². The lowest BCUT2D eigenvalue weighted by Crippen LogP contribution is -2.32. The normalized spacial score (nSPS) is 10.0. The molecule has 0 atom stereocenters. The molecule has 0 unspecified atom stereocenters. The number of nitrogen functional groups attached to an aromatic ring is 1. The highest BCUT2D eigenvalue weighted by Gasteiger charge is 2.16. The third-order valence-electron chi connectivity index (χ3n) is 2.37. The molecule has 0 aliphatic heterocycles. The lowest BCUT2D eigenvalue weighted by molar-refractivity contribution is 0.0775. The third kappa shape index (κ3) is 3.60. The monoisotopic (exact) mass is 296 g/mol. The molecule has 0 aromatic heterocycles. The van der Waals surface area contributed by atoms with Crippen molar-refractivity contribution in [3.63, 3.8) is 0 Å². The molecular weight excluding hydrogens is 280 g/mol. The van der Waals surface area contributed by atoms with Crippen molar-refractivity contribution < 1.29 is 4.79 Å². The van der Waals surface area contributed by atoms with Gasteiger partial charge >= 0.3 is 0 Å². The summed E-state index contributed by atoms with van der Waals surface area (Å²) in [5.74, 6) is -0.0447. The van der Waals surface area contributed by atoms with Crippen LogP contribution in [0.1, 0.15) is 23.7 Å². The van der Waals surface area contributed by atoms with Crippen molar-refractivity contribution in [2.24, 2.45) is 0 Å². The van der Waals surface area contributed by atoms with E-state index in [2.05, 4.69) is 22.5 Å². The lowest BCUT2D eigenvalue weighted by Gasteiger charge is -2.21. The molecule has 0 saturated carbocycles. The number of hydrogen-bond acceptors (Lipinski definition) is 2. The van der Waals surface area contributed by atoms with Gasteiger partial charge in [-0.25, -0.2) is 0 Å². The van der Waals surface area contributed by atoms with Gasteiger partial charge in [0.1, 0.15) is 0 Å². The van der Waals surface area contributed by atoms with Crippen molar-refractivity contribution in [2.45, 2.75) is 13.3 Å². The second-order valence-corrected chi connectivity index (χ2v) is 4.69. The van der Waals surface area contributed by atoms with Crippen LogP contribution in [-0.2, 0) is 0 Å². The van der Waals surface area contributed by atoms with Gasteiger partial charge in [-0.15, -0.1) is 6.58 Å². The second-order valence-electron chi connectivity index (χ2n) is 3.77. The van der Waals surface area contributed by atoms with Gasteiger partial charge in [-0.05, 0) is 24.6 Å². The first-order valence-corrected chi connectivity index (χ1v) is 6.34. The van der Waals surface area contributed by atoms with Crippen LogP contribution < -0.4 is 5.73 Å². The first-order chi connectivity index (χ1) is 8.10. The van der Waals surface area contributed by atoms with E-state index in [1.807, 2.05) is 13.0 Å². The van der Waals surface area contributed by atoms with E-state index in [4.69, 9.17) is 5.73 Å². The van der Waals surface area contributed by atoms with E-state index >= 15 is 0 Å². The van der Waals surface area contributed by atoms with Crippen molar-refractivity contribution in [1.82, 2.24) is 4.90 Å². The summed E-state index contributed by atoms with van der Waals surface area (Å²) in [5, 5.41) is 0. The Balaban J connectivity index is 2.96. The van der Waals surface area contributed by atoms with Crippen molar-refractivity contribution in [1.29, 1.82) is 0 Å². The van der Waals surface area contributed by atoms with Gasteiger partial charge in [0.2, 0.25) is 0 Å². The Hall–Kier alpha value is -1.29. The molecule has 92 valence electrons. The quantitative estimate of drug-likeness (QED) is 0.670. The Kier molecular flexibility index (Phi) is 5.22. The summed E-state index contributed by atoms with van der Waals surface area (Å²) in [4.78, 5) is 14.0. The molecule has 3 nitrogen and oxygen atoms in total. The summed E-state index contributed by atoms with van der Waals surface area (Å²) in [7, 11) is 0. The second kappa shape index (κ2) is 6.45. The third-order valence-corrected chi connectivity index (χ3v) is 2.87. The van der Waals surface area contributed by atoms with Gasteiger partial charge < -0.3 is 10.6 Å². The highest BCUT2D eigenvalue weighted by atomic mass is 79.9. The maximum absolute atomic E-state index is 12.2. The summed E-state index contributed by atoms with van der Waals surface area (Å²) in [6.07, 6.45) is 2.64. The summed E-state index contributed by atoms with van der Waals surface area (Å²) in [5.41, 5.74) is 6.89. The van der Waals surface area contributed by atoms with Crippen LogP contribution >= 0.6 is 15.9 Å². The molecule has 1 rings (SSSR count). The predicted octanol–water partition coefficient (Wildman–Crippen LogP) is 3.07. The van der Waals surface area contributed by atoms with Crippen LogP contribution in [0.25, 0.3) is 0 Å². The highest BCUT2D eigenvalue weighted by molar-refractivity contribution is 9.10. The van der Waals surface area contributed by atoms with Crippen molar-refractivity contribution in [3.05, 3.63) is 40.9 Å². The smallest absolute Gasteiger partial charge is 0.256 e. The van der Waals surface area contributed by atoms with E-state index in [1.54, 1.807) is 23.1 Å². The lowest BCUT2D eigenvalue weighted by atomic mass is 10.1. The molecule has 4 heteroatoms. The standard InChI is InChI=1S/C13H17BrN2O/c1-3-7-16(8-4-2)13(17)11-6-5-10(14)9-12(11)15/h3,5-6,9H,1,4,7-8,15H2,2H3. The number of carbonyl (C=O) groups is 1. The number of halogens is 1. The van der Waals surface area contributed by atoms with Crippen molar-refractivity contribution in [3.8, 4) is 0 Å². The number of rotatable bonds is 5. The van der Waals surface area contributed by atoms with E-state index < -0.39 is 0 Å². The molecule has 1 aromatic rings. The fourth-order valence-electron chi connectivity index (χ4n) is 1.60. The van der Waals surface area contributed by atoms with Crippen LogP contribution in [0, 0.1) is 0 Å². The van der Waals surface area contributed by atoms with Gasteiger partial charge in [-0.3, -0.25) is 4.79 Å². The van der Waals surface area contributed by atoms with Crippen LogP contribution in [0.5, 0.6) is 0 Å². The molecule has 2 N–H and O–H groups in total. The molecule has 0 saturated heterocycles. The largest absolute Gasteiger partial charge is 0.398 e. The average molecular weight is 297 g/mol. The molecule has 17 heavy (non-hydrogen) atoms. The fourth-order valence-corrected chi connectivity index (χ4v) is 1.98. The number of anilines is 1. The number of amides is 1. The first-order valence-electron chi connectivity index (χ1n) is 5.55. The Morgan fingerprint density at radius 3 is 2.82 bits per heavy atom. The maximum Gasteiger partial charge on any atom is 0.256 e. The number of carbonyl (C=O) groups excluding carboxylic acids is 1. The molecule has 0 bridgehead atoms. The SMILES string of the molecule is C=CCN(CCC)C(=O)c1ccc(Br)cc1N. The molecule has 0 fully saturated rings.